The van der Waals surface area contributed by atoms with Crippen molar-refractivity contribution in [3.63, 3.8) is 0 Å². The molecule has 1 aromatic carbocycles. The molecule has 0 unspecified atom stereocenters. The second kappa shape index (κ2) is 5.31. The molecule has 1 fully saturated rings. The van der Waals surface area contributed by atoms with Crippen molar-refractivity contribution >= 4 is 17.7 Å². The zero-order valence-corrected chi connectivity index (χ0v) is 11.7. The van der Waals surface area contributed by atoms with Gasteiger partial charge in [-0.15, -0.1) is 0 Å². The Labute approximate surface area is 122 Å². The zero-order valence-electron chi connectivity index (χ0n) is 11.7. The van der Waals surface area contributed by atoms with Crippen LogP contribution in [0, 0.1) is 17.8 Å². The number of fused-ring (bicyclic) bond motifs is 2. The van der Waals surface area contributed by atoms with Crippen LogP contribution in [-0.4, -0.2) is 31.4 Å². The SMILES string of the molecule is COC(=O)[C@H]1C(=O)c2ccccc2CC[C@H]2COC(=O)[C@@H]21. The van der Waals surface area contributed by atoms with Gasteiger partial charge in [-0.05, 0) is 18.4 Å². The third-order valence-electron chi connectivity index (χ3n) is 4.38. The van der Waals surface area contributed by atoms with Crippen LogP contribution in [0.3, 0.4) is 0 Å². The van der Waals surface area contributed by atoms with Crippen molar-refractivity contribution in [1.29, 1.82) is 0 Å². The van der Waals surface area contributed by atoms with Crippen molar-refractivity contribution in [3.8, 4) is 0 Å². The average Bonchev–Trinajstić information content (AvgIpc) is 2.85. The molecule has 0 N–H and O–H groups in total. The number of benzene rings is 1. The minimum atomic E-state index is -1.10. The number of esters is 2. The van der Waals surface area contributed by atoms with E-state index in [1.165, 1.54) is 7.11 Å². The Hall–Kier alpha value is -2.17. The lowest BCUT2D eigenvalue weighted by Crippen LogP contribution is -2.39. The van der Waals surface area contributed by atoms with Crippen LogP contribution in [0.4, 0.5) is 0 Å². The van der Waals surface area contributed by atoms with Gasteiger partial charge in [0, 0.05) is 11.5 Å². The summed E-state index contributed by atoms with van der Waals surface area (Å²) in [4.78, 5) is 36.8. The Kier molecular flexibility index (Phi) is 3.49. The second-order valence-electron chi connectivity index (χ2n) is 5.48. The van der Waals surface area contributed by atoms with Crippen molar-refractivity contribution in [2.75, 3.05) is 13.7 Å². The quantitative estimate of drug-likeness (QED) is 0.577. The summed E-state index contributed by atoms with van der Waals surface area (Å²) in [5, 5.41) is 0. The van der Waals surface area contributed by atoms with Gasteiger partial charge in [-0.1, -0.05) is 24.3 Å². The molecule has 1 heterocycles. The topological polar surface area (TPSA) is 69.7 Å². The van der Waals surface area contributed by atoms with E-state index in [1.807, 2.05) is 12.1 Å². The van der Waals surface area contributed by atoms with Crippen LogP contribution in [0.2, 0.25) is 0 Å². The number of rotatable bonds is 1. The van der Waals surface area contributed by atoms with E-state index >= 15 is 0 Å². The number of cyclic esters (lactones) is 1. The summed E-state index contributed by atoms with van der Waals surface area (Å²) in [5.74, 6) is -3.41. The highest BCUT2D eigenvalue weighted by Gasteiger charge is 2.50. The smallest absolute Gasteiger partial charge is 0.317 e. The van der Waals surface area contributed by atoms with Crippen LogP contribution in [0.1, 0.15) is 22.3 Å². The number of hydrogen-bond donors (Lipinski definition) is 0. The fourth-order valence-electron chi connectivity index (χ4n) is 3.28. The molecule has 0 saturated carbocycles. The zero-order chi connectivity index (χ0) is 15.0. The molecule has 1 aliphatic carbocycles. The van der Waals surface area contributed by atoms with E-state index in [4.69, 9.17) is 9.47 Å². The molecular weight excluding hydrogens is 272 g/mol. The first-order valence-electron chi connectivity index (χ1n) is 7.00. The Morgan fingerprint density at radius 1 is 1.29 bits per heavy atom. The number of Topliss-reactive ketones (excluding diaryl/α,β-unsaturated/α-hetero) is 1. The first-order chi connectivity index (χ1) is 10.1. The van der Waals surface area contributed by atoms with Crippen LogP contribution >= 0.6 is 0 Å². The molecule has 5 nitrogen and oxygen atoms in total. The second-order valence-corrected chi connectivity index (χ2v) is 5.48. The fourth-order valence-corrected chi connectivity index (χ4v) is 3.28. The molecule has 1 aliphatic heterocycles. The molecule has 0 spiro atoms. The molecule has 0 radical (unpaired) electrons. The summed E-state index contributed by atoms with van der Waals surface area (Å²) >= 11 is 0. The van der Waals surface area contributed by atoms with Gasteiger partial charge in [-0.2, -0.15) is 0 Å². The van der Waals surface area contributed by atoms with Crippen LogP contribution in [0.25, 0.3) is 0 Å². The standard InChI is InChI=1S/C16H16O5/c1-20-15(18)13-12-10(8-21-16(12)19)7-6-9-4-2-3-5-11(9)14(13)17/h2-5,10,12-13H,6-8H2,1H3/t10-,12-,13+/m0/s1. The number of carbonyl (C=O) groups excluding carboxylic acids is 3. The van der Waals surface area contributed by atoms with Gasteiger partial charge in [0.25, 0.3) is 0 Å². The Morgan fingerprint density at radius 2 is 2.05 bits per heavy atom. The lowest BCUT2D eigenvalue weighted by Gasteiger charge is -2.26. The predicted octanol–water partition coefficient (Wildman–Crippen LogP) is 1.39. The third kappa shape index (κ3) is 2.22. The summed E-state index contributed by atoms with van der Waals surface area (Å²) in [6.45, 7) is 0.270. The van der Waals surface area contributed by atoms with Gasteiger partial charge in [-0.25, -0.2) is 0 Å². The maximum atomic E-state index is 12.8. The first kappa shape index (κ1) is 13.8. The monoisotopic (exact) mass is 288 g/mol. The van der Waals surface area contributed by atoms with Gasteiger partial charge in [0.15, 0.2) is 5.78 Å². The number of carbonyl (C=O) groups is 3. The summed E-state index contributed by atoms with van der Waals surface area (Å²) in [6.07, 6.45) is 1.42. The van der Waals surface area contributed by atoms with Crippen LogP contribution < -0.4 is 0 Å². The lowest BCUT2D eigenvalue weighted by molar-refractivity contribution is -0.152. The van der Waals surface area contributed by atoms with E-state index in [0.29, 0.717) is 18.4 Å². The normalized spacial score (nSPS) is 28.0. The van der Waals surface area contributed by atoms with Crippen molar-refractivity contribution < 1.29 is 23.9 Å². The van der Waals surface area contributed by atoms with E-state index in [-0.39, 0.29) is 18.3 Å². The minimum absolute atomic E-state index is 0.112. The van der Waals surface area contributed by atoms with Gasteiger partial charge in [0.05, 0.1) is 19.6 Å². The van der Waals surface area contributed by atoms with E-state index in [1.54, 1.807) is 12.1 Å². The largest absolute Gasteiger partial charge is 0.468 e. The van der Waals surface area contributed by atoms with Gasteiger partial charge in [0.1, 0.15) is 5.92 Å². The molecular formula is C16H16O5. The van der Waals surface area contributed by atoms with E-state index in [9.17, 15) is 14.4 Å². The molecule has 1 aromatic rings. The molecule has 5 heteroatoms. The summed E-state index contributed by atoms with van der Waals surface area (Å²) < 4.78 is 9.84. The summed E-state index contributed by atoms with van der Waals surface area (Å²) in [6, 6.07) is 7.22. The number of ketones is 1. The van der Waals surface area contributed by atoms with Gasteiger partial charge >= 0.3 is 11.9 Å². The molecule has 0 amide bonds. The maximum Gasteiger partial charge on any atom is 0.317 e. The highest BCUT2D eigenvalue weighted by Crippen LogP contribution is 2.37. The van der Waals surface area contributed by atoms with Crippen molar-refractivity contribution in [3.05, 3.63) is 35.4 Å². The summed E-state index contributed by atoms with van der Waals surface area (Å²) in [7, 11) is 1.23. The summed E-state index contributed by atoms with van der Waals surface area (Å²) in [5.41, 5.74) is 1.42. The first-order valence-corrected chi connectivity index (χ1v) is 7.00. The van der Waals surface area contributed by atoms with Crippen LogP contribution in [0.15, 0.2) is 24.3 Å². The molecule has 2 aliphatic rings. The van der Waals surface area contributed by atoms with E-state index in [0.717, 1.165) is 5.56 Å². The highest BCUT2D eigenvalue weighted by molar-refractivity contribution is 6.11. The molecule has 3 rings (SSSR count). The van der Waals surface area contributed by atoms with Crippen molar-refractivity contribution in [2.45, 2.75) is 12.8 Å². The van der Waals surface area contributed by atoms with Crippen LogP contribution in [-0.2, 0) is 25.5 Å². The Morgan fingerprint density at radius 3 is 2.81 bits per heavy atom. The fraction of sp³-hybridized carbons (Fsp3) is 0.438. The van der Waals surface area contributed by atoms with E-state index < -0.39 is 23.8 Å². The van der Waals surface area contributed by atoms with Gasteiger partial charge in [0.2, 0.25) is 0 Å². The minimum Gasteiger partial charge on any atom is -0.468 e. The molecule has 3 atom stereocenters. The molecule has 21 heavy (non-hydrogen) atoms. The number of ether oxygens (including phenoxy) is 2. The molecule has 1 saturated heterocycles. The maximum absolute atomic E-state index is 12.8. The van der Waals surface area contributed by atoms with Gasteiger partial charge < -0.3 is 9.47 Å². The third-order valence-corrected chi connectivity index (χ3v) is 4.38. The average molecular weight is 288 g/mol. The van der Waals surface area contributed by atoms with Gasteiger partial charge in [-0.3, -0.25) is 14.4 Å². The number of methoxy groups -OCH3 is 1. The number of hydrogen-bond acceptors (Lipinski definition) is 5. The molecule has 0 bridgehead atoms. The van der Waals surface area contributed by atoms with E-state index in [2.05, 4.69) is 0 Å². The Balaban J connectivity index is 2.10. The highest BCUT2D eigenvalue weighted by atomic mass is 16.5. The Bertz CT molecular complexity index is 606. The molecule has 110 valence electrons. The molecule has 0 aromatic heterocycles. The van der Waals surface area contributed by atoms with Crippen LogP contribution in [0.5, 0.6) is 0 Å². The predicted molar refractivity (Wildman–Crippen MR) is 72.5 cm³/mol. The van der Waals surface area contributed by atoms with Crippen molar-refractivity contribution in [1.82, 2.24) is 0 Å². The van der Waals surface area contributed by atoms with Crippen molar-refractivity contribution in [2.24, 2.45) is 17.8 Å². The number of aryl methyl sites for hydroxylation is 1. The lowest BCUT2D eigenvalue weighted by atomic mass is 9.74.